The average Bonchev–Trinajstić information content (AvgIpc) is 3.38. The Morgan fingerprint density at radius 2 is 1.31 bits per heavy atom. The quantitative estimate of drug-likeness (QED) is 0.268. The summed E-state index contributed by atoms with van der Waals surface area (Å²) >= 11 is 12.3. The highest BCUT2D eigenvalue weighted by atomic mass is 35.5. The third kappa shape index (κ3) is 4.50. The fraction of sp³-hybridized carbons (Fsp3) is 0.111. The number of rotatable bonds is 5. The van der Waals surface area contributed by atoms with Gasteiger partial charge in [-0.1, -0.05) is 42.5 Å². The first-order chi connectivity index (χ1) is 16.9. The van der Waals surface area contributed by atoms with Crippen LogP contribution in [0.5, 0.6) is 0 Å². The topological polar surface area (TPSA) is 61.4 Å². The molecule has 0 atom stereocenters. The first kappa shape index (κ1) is 23.0. The predicted octanol–water partition coefficient (Wildman–Crippen LogP) is 6.73. The number of aryl methyl sites for hydroxylation is 1. The largest absolute Gasteiger partial charge is 0.318 e. The van der Waals surface area contributed by atoms with Gasteiger partial charge in [-0.25, -0.2) is 9.97 Å². The molecule has 8 heteroatoms. The van der Waals surface area contributed by atoms with Crippen LogP contribution in [-0.2, 0) is 14.1 Å². The Morgan fingerprint density at radius 1 is 0.686 bits per heavy atom. The minimum absolute atomic E-state index is 0.422. The van der Waals surface area contributed by atoms with Crippen molar-refractivity contribution in [1.29, 1.82) is 0 Å². The predicted molar refractivity (Wildman–Crippen MR) is 142 cm³/mol. The summed E-state index contributed by atoms with van der Waals surface area (Å²) in [5, 5.41) is 0.849. The second-order valence-corrected chi connectivity index (χ2v) is 8.91. The molecule has 0 N–H and O–H groups in total. The molecular weight excluding hydrogens is 479 g/mol. The van der Waals surface area contributed by atoms with Crippen LogP contribution in [0.25, 0.3) is 46.1 Å². The fourth-order valence-corrected chi connectivity index (χ4v) is 4.25. The van der Waals surface area contributed by atoms with Crippen molar-refractivity contribution < 1.29 is 0 Å². The Morgan fingerprint density at radius 3 is 1.94 bits per heavy atom. The third-order valence-electron chi connectivity index (χ3n) is 5.93. The van der Waals surface area contributed by atoms with Gasteiger partial charge in [0.05, 0.1) is 35.2 Å². The monoisotopic (exact) mass is 500 g/mol. The van der Waals surface area contributed by atoms with Gasteiger partial charge in [0.15, 0.2) is 0 Å². The molecule has 0 saturated carbocycles. The number of aromatic nitrogens is 6. The maximum atomic E-state index is 6.18. The molecule has 0 amide bonds. The van der Waals surface area contributed by atoms with E-state index in [4.69, 9.17) is 33.2 Å². The van der Waals surface area contributed by atoms with Crippen molar-refractivity contribution >= 4 is 35.4 Å². The van der Waals surface area contributed by atoms with E-state index in [0.29, 0.717) is 10.6 Å². The van der Waals surface area contributed by atoms with Gasteiger partial charge in [0.25, 0.3) is 0 Å². The molecule has 1 aromatic carbocycles. The molecule has 6 nitrogen and oxygen atoms in total. The first-order valence-electron chi connectivity index (χ1n) is 11.0. The lowest BCUT2D eigenvalue weighted by Crippen LogP contribution is -1.98. The molecule has 5 rings (SSSR count). The highest BCUT2D eigenvalue weighted by Crippen LogP contribution is 2.31. The van der Waals surface area contributed by atoms with E-state index < -0.39 is 0 Å². The van der Waals surface area contributed by atoms with Crippen LogP contribution in [0.15, 0.2) is 67.3 Å². The van der Waals surface area contributed by atoms with E-state index in [2.05, 4.69) is 46.4 Å². The van der Waals surface area contributed by atoms with E-state index in [0.717, 1.165) is 50.6 Å². The highest BCUT2D eigenvalue weighted by Gasteiger charge is 2.15. The minimum Gasteiger partial charge on any atom is -0.318 e. The SMILES string of the molecule is Cc1cc(-c2ncc(-c3cnc(Cl)n3C)cc2/C=C/c2ccccc2)cnc1-c1cnc(Cl)n1C. The van der Waals surface area contributed by atoms with Gasteiger partial charge in [0, 0.05) is 43.2 Å². The Balaban J connectivity index is 1.61. The first-order valence-corrected chi connectivity index (χ1v) is 11.7. The Bertz CT molecular complexity index is 1550. The van der Waals surface area contributed by atoms with Crippen LogP contribution in [0.1, 0.15) is 16.7 Å². The summed E-state index contributed by atoms with van der Waals surface area (Å²) in [6.45, 7) is 2.03. The number of imidazole rings is 2. The van der Waals surface area contributed by atoms with Crippen LogP contribution in [0, 0.1) is 6.92 Å². The second-order valence-electron chi connectivity index (χ2n) is 8.24. The molecule has 4 heterocycles. The van der Waals surface area contributed by atoms with Crippen LogP contribution >= 0.6 is 23.2 Å². The zero-order valence-electron chi connectivity index (χ0n) is 19.4. The zero-order chi connectivity index (χ0) is 24.5. The number of halogens is 2. The molecule has 0 aliphatic rings. The van der Waals surface area contributed by atoms with E-state index in [1.807, 2.05) is 60.7 Å². The van der Waals surface area contributed by atoms with Crippen LogP contribution in [0.4, 0.5) is 0 Å². The smallest absolute Gasteiger partial charge is 0.202 e. The number of pyridine rings is 2. The molecule has 0 fully saturated rings. The lowest BCUT2D eigenvalue weighted by Gasteiger charge is -2.12. The van der Waals surface area contributed by atoms with E-state index in [-0.39, 0.29) is 0 Å². The molecule has 0 aliphatic heterocycles. The van der Waals surface area contributed by atoms with Crippen LogP contribution in [-0.4, -0.2) is 29.1 Å². The van der Waals surface area contributed by atoms with Crippen molar-refractivity contribution in [2.45, 2.75) is 6.92 Å². The standard InChI is InChI=1S/C27H22Cl2N6/c1-17-11-21(14-30-24(17)23-16-33-27(29)35(23)3)25-19(10-9-18-7-5-4-6-8-18)12-20(13-31-25)22-15-32-26(28)34(22)2/h4-16H,1-3H3/b10-9+. The van der Waals surface area contributed by atoms with E-state index in [1.54, 1.807) is 12.4 Å². The van der Waals surface area contributed by atoms with Gasteiger partial charge in [-0.3, -0.25) is 9.97 Å². The number of hydrogen-bond acceptors (Lipinski definition) is 4. The molecule has 174 valence electrons. The van der Waals surface area contributed by atoms with Gasteiger partial charge in [-0.05, 0) is 53.4 Å². The van der Waals surface area contributed by atoms with Crippen LogP contribution in [0.3, 0.4) is 0 Å². The van der Waals surface area contributed by atoms with Gasteiger partial charge in [-0.2, -0.15) is 0 Å². The summed E-state index contributed by atoms with van der Waals surface area (Å²) in [5.74, 6) is 0. The molecule has 5 aromatic rings. The van der Waals surface area contributed by atoms with Gasteiger partial charge in [0.1, 0.15) is 0 Å². The number of benzene rings is 1. The highest BCUT2D eigenvalue weighted by molar-refractivity contribution is 6.29. The molecule has 0 spiro atoms. The summed E-state index contributed by atoms with van der Waals surface area (Å²) < 4.78 is 3.65. The Kier molecular flexibility index (Phi) is 6.24. The van der Waals surface area contributed by atoms with E-state index in [9.17, 15) is 0 Å². The van der Waals surface area contributed by atoms with Gasteiger partial charge in [-0.15, -0.1) is 0 Å². The van der Waals surface area contributed by atoms with Crippen molar-refractivity contribution in [2.24, 2.45) is 14.1 Å². The van der Waals surface area contributed by atoms with Gasteiger partial charge >= 0.3 is 0 Å². The molecular formula is C27H22Cl2N6. The molecule has 0 unspecified atom stereocenters. The second kappa shape index (κ2) is 9.49. The van der Waals surface area contributed by atoms with Gasteiger partial charge in [0.2, 0.25) is 10.6 Å². The molecule has 0 aliphatic carbocycles. The molecule has 0 saturated heterocycles. The molecule has 4 aromatic heterocycles. The fourth-order valence-electron chi connectivity index (χ4n) is 3.97. The van der Waals surface area contributed by atoms with Crippen molar-refractivity contribution in [3.63, 3.8) is 0 Å². The Hall–Kier alpha value is -3.74. The van der Waals surface area contributed by atoms with E-state index >= 15 is 0 Å². The van der Waals surface area contributed by atoms with Crippen molar-refractivity contribution in [1.82, 2.24) is 29.1 Å². The maximum absolute atomic E-state index is 6.18. The summed E-state index contributed by atoms with van der Waals surface area (Å²) in [7, 11) is 3.76. The third-order valence-corrected chi connectivity index (χ3v) is 6.63. The normalized spacial score (nSPS) is 11.5. The van der Waals surface area contributed by atoms with Crippen molar-refractivity contribution in [3.8, 4) is 33.9 Å². The minimum atomic E-state index is 0.422. The molecule has 0 radical (unpaired) electrons. The van der Waals surface area contributed by atoms with Crippen LogP contribution < -0.4 is 0 Å². The summed E-state index contributed by atoms with van der Waals surface area (Å²) in [6.07, 6.45) is 11.3. The summed E-state index contributed by atoms with van der Waals surface area (Å²) in [5.41, 5.74) is 8.32. The molecule has 0 bridgehead atoms. The summed E-state index contributed by atoms with van der Waals surface area (Å²) in [6, 6.07) is 14.3. The van der Waals surface area contributed by atoms with E-state index in [1.165, 1.54) is 0 Å². The van der Waals surface area contributed by atoms with Crippen molar-refractivity contribution in [3.05, 3.63) is 94.5 Å². The lowest BCUT2D eigenvalue weighted by molar-refractivity contribution is 0.916. The zero-order valence-corrected chi connectivity index (χ0v) is 21.0. The summed E-state index contributed by atoms with van der Waals surface area (Å²) in [4.78, 5) is 18.0. The van der Waals surface area contributed by atoms with Gasteiger partial charge < -0.3 is 9.13 Å². The number of nitrogens with zero attached hydrogens (tertiary/aromatic N) is 6. The molecule has 35 heavy (non-hydrogen) atoms. The van der Waals surface area contributed by atoms with Crippen LogP contribution in [0.2, 0.25) is 10.6 Å². The van der Waals surface area contributed by atoms with Crippen molar-refractivity contribution in [2.75, 3.05) is 0 Å². The Labute approximate surface area is 213 Å². The lowest BCUT2D eigenvalue weighted by atomic mass is 10.0. The number of hydrogen-bond donors (Lipinski definition) is 0. The maximum Gasteiger partial charge on any atom is 0.202 e. The average molecular weight is 501 g/mol.